The van der Waals surface area contributed by atoms with Gasteiger partial charge < -0.3 is 20.1 Å². The Morgan fingerprint density at radius 3 is 2.30 bits per heavy atom. The van der Waals surface area contributed by atoms with Crippen LogP contribution in [0, 0.1) is 5.92 Å². The Balaban J connectivity index is 2.71. The summed E-state index contributed by atoms with van der Waals surface area (Å²) in [6.45, 7) is 5.80. The molecular formula is C20H30N2O5. The Morgan fingerprint density at radius 2 is 1.74 bits per heavy atom. The smallest absolute Gasteiger partial charge is 0.408 e. The number of ether oxygens (including phenoxy) is 2. The summed E-state index contributed by atoms with van der Waals surface area (Å²) in [6, 6.07) is 7.74. The molecule has 0 aliphatic rings. The number of hydrogen-bond acceptors (Lipinski definition) is 5. The van der Waals surface area contributed by atoms with Crippen molar-refractivity contribution < 1.29 is 23.9 Å². The first kappa shape index (κ1) is 22.5. The molecule has 2 N–H and O–H groups in total. The number of carbonyl (C=O) groups is 3. The predicted octanol–water partition coefficient (Wildman–Crippen LogP) is 2.79. The minimum Gasteiger partial charge on any atom is -0.467 e. The molecule has 0 saturated heterocycles. The van der Waals surface area contributed by atoms with Gasteiger partial charge in [0, 0.05) is 0 Å². The summed E-state index contributed by atoms with van der Waals surface area (Å²) in [6.07, 6.45) is 1.17. The summed E-state index contributed by atoms with van der Waals surface area (Å²) in [4.78, 5) is 36.6. The molecule has 1 aromatic rings. The molecule has 1 aromatic carbocycles. The Morgan fingerprint density at radius 1 is 1.07 bits per heavy atom. The van der Waals surface area contributed by atoms with Crippen LogP contribution in [0.25, 0.3) is 0 Å². The molecular weight excluding hydrogens is 348 g/mol. The van der Waals surface area contributed by atoms with Crippen molar-refractivity contribution >= 4 is 18.0 Å². The summed E-state index contributed by atoms with van der Waals surface area (Å²) < 4.78 is 9.94. The fourth-order valence-corrected chi connectivity index (χ4v) is 2.54. The largest absolute Gasteiger partial charge is 0.467 e. The second-order valence-electron chi connectivity index (χ2n) is 6.44. The predicted molar refractivity (Wildman–Crippen MR) is 102 cm³/mol. The molecule has 27 heavy (non-hydrogen) atoms. The van der Waals surface area contributed by atoms with E-state index in [0.717, 1.165) is 5.56 Å². The van der Waals surface area contributed by atoms with Crippen LogP contribution in [0.15, 0.2) is 30.3 Å². The topological polar surface area (TPSA) is 93.7 Å². The second kappa shape index (κ2) is 11.9. The zero-order valence-corrected chi connectivity index (χ0v) is 16.5. The summed E-state index contributed by atoms with van der Waals surface area (Å²) in [7, 11) is 1.28. The van der Waals surface area contributed by atoms with Gasteiger partial charge in [-0.2, -0.15) is 0 Å². The molecule has 7 heteroatoms. The van der Waals surface area contributed by atoms with E-state index in [1.54, 1.807) is 0 Å². The lowest BCUT2D eigenvalue weighted by molar-refractivity contribution is -0.145. The van der Waals surface area contributed by atoms with Crippen molar-refractivity contribution in [3.8, 4) is 0 Å². The number of rotatable bonds is 10. The van der Waals surface area contributed by atoms with E-state index in [4.69, 9.17) is 9.47 Å². The number of amides is 2. The Labute approximate surface area is 160 Å². The maximum Gasteiger partial charge on any atom is 0.408 e. The van der Waals surface area contributed by atoms with Gasteiger partial charge in [0.15, 0.2) is 0 Å². The van der Waals surface area contributed by atoms with Gasteiger partial charge in [0.25, 0.3) is 0 Å². The quantitative estimate of drug-likeness (QED) is 0.611. The summed E-state index contributed by atoms with van der Waals surface area (Å²) in [5.74, 6) is -1.06. The van der Waals surface area contributed by atoms with Gasteiger partial charge in [-0.1, -0.05) is 63.9 Å². The maximum absolute atomic E-state index is 12.7. The Kier molecular flexibility index (Phi) is 9.93. The summed E-state index contributed by atoms with van der Waals surface area (Å²) in [5, 5.41) is 5.30. The molecule has 0 spiro atoms. The second-order valence-corrected chi connectivity index (χ2v) is 6.44. The summed E-state index contributed by atoms with van der Waals surface area (Å²) >= 11 is 0. The van der Waals surface area contributed by atoms with Crippen LogP contribution in [0.2, 0.25) is 0 Å². The van der Waals surface area contributed by atoms with Crippen LogP contribution < -0.4 is 10.6 Å². The molecule has 0 radical (unpaired) electrons. The molecule has 0 saturated carbocycles. The minimum atomic E-state index is -0.803. The lowest BCUT2D eigenvalue weighted by Crippen LogP contribution is -2.54. The third-order valence-corrected chi connectivity index (χ3v) is 4.36. The number of carbonyl (C=O) groups excluding carboxylic acids is 3. The van der Waals surface area contributed by atoms with Gasteiger partial charge >= 0.3 is 12.1 Å². The van der Waals surface area contributed by atoms with Gasteiger partial charge in [-0.3, -0.25) is 4.79 Å². The monoisotopic (exact) mass is 378 g/mol. The zero-order chi connectivity index (χ0) is 20.2. The molecule has 150 valence electrons. The van der Waals surface area contributed by atoms with Gasteiger partial charge in [-0.15, -0.1) is 0 Å². The molecule has 0 aromatic heterocycles. The van der Waals surface area contributed by atoms with Crippen LogP contribution in [0.5, 0.6) is 0 Å². The van der Waals surface area contributed by atoms with Crippen molar-refractivity contribution in [3.05, 3.63) is 35.9 Å². The Hall–Kier alpha value is -2.57. The van der Waals surface area contributed by atoms with Crippen molar-refractivity contribution in [2.45, 2.75) is 58.7 Å². The lowest BCUT2D eigenvalue weighted by Gasteiger charge is -2.25. The van der Waals surface area contributed by atoms with Crippen molar-refractivity contribution in [2.75, 3.05) is 7.11 Å². The molecule has 0 aliphatic carbocycles. The maximum atomic E-state index is 12.7. The standard InChI is InChI=1S/C20H30N2O5/c1-5-10-16(19(24)26-4)21-18(23)17(14(3)6-2)22-20(25)27-13-15-11-8-7-9-12-15/h7-9,11-12,14,16-17H,5-6,10,13H2,1-4H3,(H,21,23)(H,22,25)/t14-,16+,17-/m1/s1. The fraction of sp³-hybridized carbons (Fsp3) is 0.550. The molecule has 0 aliphatic heterocycles. The van der Waals surface area contributed by atoms with Crippen LogP contribution in [0.3, 0.4) is 0 Å². The zero-order valence-electron chi connectivity index (χ0n) is 16.5. The first-order valence-electron chi connectivity index (χ1n) is 9.28. The number of esters is 1. The van der Waals surface area contributed by atoms with Crippen molar-refractivity contribution in [3.63, 3.8) is 0 Å². The number of alkyl carbamates (subject to hydrolysis) is 1. The number of nitrogens with one attached hydrogen (secondary N) is 2. The molecule has 3 atom stereocenters. The van der Waals surface area contributed by atoms with Crippen molar-refractivity contribution in [2.24, 2.45) is 5.92 Å². The first-order valence-corrected chi connectivity index (χ1v) is 9.28. The molecule has 0 bridgehead atoms. The van der Waals surface area contributed by atoms with Crippen LogP contribution in [-0.4, -0.2) is 37.2 Å². The molecule has 2 amide bonds. The molecule has 0 heterocycles. The van der Waals surface area contributed by atoms with E-state index in [9.17, 15) is 14.4 Å². The lowest BCUT2D eigenvalue weighted by atomic mass is 9.98. The van der Waals surface area contributed by atoms with Gasteiger partial charge in [-0.05, 0) is 17.9 Å². The summed E-state index contributed by atoms with van der Waals surface area (Å²) in [5.41, 5.74) is 0.853. The van der Waals surface area contributed by atoms with E-state index in [0.29, 0.717) is 19.3 Å². The highest BCUT2D eigenvalue weighted by Crippen LogP contribution is 2.10. The molecule has 0 unspecified atom stereocenters. The number of hydrogen-bond donors (Lipinski definition) is 2. The highest BCUT2D eigenvalue weighted by molar-refractivity contribution is 5.89. The van der Waals surface area contributed by atoms with E-state index < -0.39 is 30.1 Å². The number of benzene rings is 1. The average Bonchev–Trinajstić information content (AvgIpc) is 2.69. The third kappa shape index (κ3) is 7.68. The van der Waals surface area contributed by atoms with E-state index in [-0.39, 0.29) is 12.5 Å². The molecule has 1 rings (SSSR count). The Bertz CT molecular complexity index is 606. The highest BCUT2D eigenvalue weighted by Gasteiger charge is 2.30. The molecule has 0 fully saturated rings. The van der Waals surface area contributed by atoms with Crippen molar-refractivity contribution in [1.82, 2.24) is 10.6 Å². The van der Waals surface area contributed by atoms with Crippen LogP contribution in [-0.2, 0) is 25.7 Å². The van der Waals surface area contributed by atoms with Crippen LogP contribution in [0.4, 0.5) is 4.79 Å². The van der Waals surface area contributed by atoms with Gasteiger partial charge in [-0.25, -0.2) is 9.59 Å². The number of methoxy groups -OCH3 is 1. The van der Waals surface area contributed by atoms with E-state index in [1.165, 1.54) is 7.11 Å². The van der Waals surface area contributed by atoms with Gasteiger partial charge in [0.05, 0.1) is 7.11 Å². The van der Waals surface area contributed by atoms with E-state index >= 15 is 0 Å². The minimum absolute atomic E-state index is 0.113. The normalized spacial score (nSPS) is 13.8. The fourth-order valence-electron chi connectivity index (χ4n) is 2.54. The molecule has 7 nitrogen and oxygen atoms in total. The van der Waals surface area contributed by atoms with Gasteiger partial charge in [0.2, 0.25) is 5.91 Å². The van der Waals surface area contributed by atoms with Gasteiger partial charge in [0.1, 0.15) is 18.7 Å². The average molecular weight is 378 g/mol. The van der Waals surface area contributed by atoms with Crippen molar-refractivity contribution in [1.29, 1.82) is 0 Å². The third-order valence-electron chi connectivity index (χ3n) is 4.36. The van der Waals surface area contributed by atoms with Crippen LogP contribution in [0.1, 0.15) is 45.6 Å². The SMILES string of the molecule is CCC[C@H](NC(=O)[C@H](NC(=O)OCc1ccccc1)[C@H](C)CC)C(=O)OC. The van der Waals surface area contributed by atoms with E-state index in [2.05, 4.69) is 10.6 Å². The van der Waals surface area contributed by atoms with E-state index in [1.807, 2.05) is 51.1 Å². The highest BCUT2D eigenvalue weighted by atomic mass is 16.5. The first-order chi connectivity index (χ1) is 12.9. The van der Waals surface area contributed by atoms with Crippen LogP contribution >= 0.6 is 0 Å².